The van der Waals surface area contributed by atoms with Gasteiger partial charge in [0, 0.05) is 6.42 Å². The Morgan fingerprint density at radius 2 is 1.52 bits per heavy atom. The van der Waals surface area contributed by atoms with Crippen LogP contribution in [0.5, 0.6) is 5.75 Å². The van der Waals surface area contributed by atoms with Crippen LogP contribution in [0.2, 0.25) is 0 Å². The van der Waals surface area contributed by atoms with Crippen molar-refractivity contribution >= 4 is 0 Å². The molecule has 4 heteroatoms. The molecule has 2 aliphatic rings. The lowest BCUT2D eigenvalue weighted by Gasteiger charge is -2.37. The number of rotatable bonds is 9. The van der Waals surface area contributed by atoms with Gasteiger partial charge in [-0.05, 0) is 87.2 Å². The molecule has 2 saturated carbocycles. The lowest BCUT2D eigenvalue weighted by Crippen LogP contribution is -2.25. The van der Waals surface area contributed by atoms with Gasteiger partial charge in [0.05, 0.1) is 6.61 Å². The number of hydrogen-bond acceptors (Lipinski definition) is 1. The van der Waals surface area contributed by atoms with Crippen molar-refractivity contribution in [1.82, 2.24) is 0 Å². The van der Waals surface area contributed by atoms with Gasteiger partial charge in [-0.15, -0.1) is 0 Å². The van der Waals surface area contributed by atoms with Crippen molar-refractivity contribution in [3.8, 4) is 5.75 Å². The van der Waals surface area contributed by atoms with E-state index in [-0.39, 0.29) is 30.2 Å². The summed E-state index contributed by atoms with van der Waals surface area (Å²) in [5.74, 6) is 0.688. The van der Waals surface area contributed by atoms with Crippen LogP contribution in [0.15, 0.2) is 24.0 Å². The lowest BCUT2D eigenvalue weighted by molar-refractivity contribution is 0.144. The third-order valence-corrected chi connectivity index (χ3v) is 7.61. The van der Waals surface area contributed by atoms with Crippen molar-refractivity contribution in [2.75, 3.05) is 6.61 Å². The fraction of sp³-hybridized carbons (Fsp3) is 0.704. The topological polar surface area (TPSA) is 9.23 Å². The van der Waals surface area contributed by atoms with E-state index < -0.39 is 11.6 Å². The first-order valence-electron chi connectivity index (χ1n) is 12.5. The molecule has 1 aromatic rings. The summed E-state index contributed by atoms with van der Waals surface area (Å²) in [6, 6.07) is 2.79. The molecule has 174 valence electrons. The molecule has 0 aromatic heterocycles. The minimum absolute atomic E-state index is 0.0390. The average molecular weight is 437 g/mol. The van der Waals surface area contributed by atoms with E-state index in [0.29, 0.717) is 12.3 Å². The van der Waals surface area contributed by atoms with Crippen LogP contribution in [-0.2, 0) is 6.42 Å². The highest BCUT2D eigenvalue weighted by molar-refractivity contribution is 5.32. The first kappa shape index (κ1) is 24.2. The van der Waals surface area contributed by atoms with Crippen LogP contribution in [0, 0.1) is 35.3 Å². The zero-order chi connectivity index (χ0) is 22.2. The third-order valence-electron chi connectivity index (χ3n) is 7.61. The predicted molar refractivity (Wildman–Crippen MR) is 121 cm³/mol. The summed E-state index contributed by atoms with van der Waals surface area (Å²) in [6.45, 7) is 4.25. The van der Waals surface area contributed by atoms with Gasteiger partial charge < -0.3 is 4.74 Å². The van der Waals surface area contributed by atoms with Gasteiger partial charge in [-0.3, -0.25) is 0 Å². The van der Waals surface area contributed by atoms with Crippen LogP contribution >= 0.6 is 0 Å². The Balaban J connectivity index is 1.43. The zero-order valence-corrected chi connectivity index (χ0v) is 19.3. The summed E-state index contributed by atoms with van der Waals surface area (Å²) in [4.78, 5) is 0. The second kappa shape index (κ2) is 12.0. The first-order valence-corrected chi connectivity index (χ1v) is 12.5. The summed E-state index contributed by atoms with van der Waals surface area (Å²) in [5.41, 5.74) is 0.0390. The second-order valence-corrected chi connectivity index (χ2v) is 9.70. The van der Waals surface area contributed by atoms with Crippen molar-refractivity contribution in [2.45, 2.75) is 90.9 Å². The molecule has 3 rings (SSSR count). The minimum Gasteiger partial charge on any atom is -0.491 e. The summed E-state index contributed by atoms with van der Waals surface area (Å²) in [7, 11) is 0. The SMILES string of the molecule is CCCC1CCC(C2CCC(CC=C(F)Cc3ccc(OCC)c(F)c3F)CC2)CC1. The van der Waals surface area contributed by atoms with Crippen molar-refractivity contribution in [1.29, 1.82) is 0 Å². The molecule has 2 aliphatic carbocycles. The van der Waals surface area contributed by atoms with Crippen LogP contribution in [0.3, 0.4) is 0 Å². The van der Waals surface area contributed by atoms with Crippen molar-refractivity contribution < 1.29 is 17.9 Å². The fourth-order valence-corrected chi connectivity index (χ4v) is 5.78. The van der Waals surface area contributed by atoms with Crippen LogP contribution < -0.4 is 4.74 Å². The Hall–Kier alpha value is -1.45. The van der Waals surface area contributed by atoms with Crippen LogP contribution in [0.1, 0.15) is 90.0 Å². The molecule has 0 atom stereocenters. The molecule has 0 N–H and O–H groups in total. The van der Waals surface area contributed by atoms with Gasteiger partial charge in [-0.2, -0.15) is 4.39 Å². The molecule has 0 unspecified atom stereocenters. The molecular weight excluding hydrogens is 397 g/mol. The van der Waals surface area contributed by atoms with E-state index in [1.54, 1.807) is 13.0 Å². The van der Waals surface area contributed by atoms with Crippen molar-refractivity contribution in [3.05, 3.63) is 41.2 Å². The second-order valence-electron chi connectivity index (χ2n) is 9.70. The van der Waals surface area contributed by atoms with Gasteiger partial charge in [0.2, 0.25) is 5.82 Å². The Kier molecular flexibility index (Phi) is 9.34. The molecule has 0 spiro atoms. The van der Waals surface area contributed by atoms with E-state index in [9.17, 15) is 13.2 Å². The Labute approximate surface area is 186 Å². The molecule has 0 aliphatic heterocycles. The average Bonchev–Trinajstić information content (AvgIpc) is 2.79. The number of benzene rings is 1. The predicted octanol–water partition coefficient (Wildman–Crippen LogP) is 8.56. The zero-order valence-electron chi connectivity index (χ0n) is 19.3. The Morgan fingerprint density at radius 3 is 2.10 bits per heavy atom. The Morgan fingerprint density at radius 1 is 0.903 bits per heavy atom. The van der Waals surface area contributed by atoms with E-state index in [2.05, 4.69) is 6.92 Å². The molecule has 0 radical (unpaired) electrons. The van der Waals surface area contributed by atoms with E-state index in [1.807, 2.05) is 0 Å². The molecule has 0 bridgehead atoms. The van der Waals surface area contributed by atoms with Crippen LogP contribution in [0.25, 0.3) is 0 Å². The third kappa shape index (κ3) is 6.76. The smallest absolute Gasteiger partial charge is 0.200 e. The van der Waals surface area contributed by atoms with Gasteiger partial charge in [-0.25, -0.2) is 8.78 Å². The molecule has 1 nitrogen and oxygen atoms in total. The molecule has 2 fully saturated rings. The summed E-state index contributed by atoms with van der Waals surface area (Å²) in [6.07, 6.45) is 15.3. The number of hydrogen-bond donors (Lipinski definition) is 0. The van der Waals surface area contributed by atoms with Crippen LogP contribution in [-0.4, -0.2) is 6.61 Å². The fourth-order valence-electron chi connectivity index (χ4n) is 5.78. The normalized spacial score (nSPS) is 27.3. The lowest BCUT2D eigenvalue weighted by atomic mass is 9.68. The molecule has 0 amide bonds. The molecular formula is C27H39F3O. The van der Waals surface area contributed by atoms with Crippen LogP contribution in [0.4, 0.5) is 13.2 Å². The standard InChI is InChI=1S/C27H39F3O/c1-3-5-19-6-11-21(12-7-19)22-13-8-20(9-14-22)10-16-24(28)18-23-15-17-25(31-4-2)27(30)26(23)29/h15-17,19-22H,3-14,18H2,1-2H3. The summed E-state index contributed by atoms with van der Waals surface area (Å²) in [5, 5.41) is 0. The highest BCUT2D eigenvalue weighted by Gasteiger charge is 2.30. The van der Waals surface area contributed by atoms with E-state index in [4.69, 9.17) is 4.74 Å². The first-order chi connectivity index (χ1) is 15.0. The maximum absolute atomic E-state index is 14.4. The highest BCUT2D eigenvalue weighted by Crippen LogP contribution is 2.43. The molecule has 31 heavy (non-hydrogen) atoms. The van der Waals surface area contributed by atoms with Crippen molar-refractivity contribution in [2.24, 2.45) is 23.7 Å². The van der Waals surface area contributed by atoms with Gasteiger partial charge >= 0.3 is 0 Å². The van der Waals surface area contributed by atoms with Crippen molar-refractivity contribution in [3.63, 3.8) is 0 Å². The molecule has 0 saturated heterocycles. The van der Waals surface area contributed by atoms with Gasteiger partial charge in [0.1, 0.15) is 5.83 Å². The Bertz CT molecular complexity index is 713. The maximum Gasteiger partial charge on any atom is 0.200 e. The number of allylic oxidation sites excluding steroid dienone is 2. The van der Waals surface area contributed by atoms with E-state index in [1.165, 1.54) is 63.5 Å². The largest absolute Gasteiger partial charge is 0.491 e. The minimum atomic E-state index is -1.03. The molecule has 0 heterocycles. The summed E-state index contributed by atoms with van der Waals surface area (Å²) >= 11 is 0. The highest BCUT2D eigenvalue weighted by atomic mass is 19.2. The number of ether oxygens (including phenoxy) is 1. The summed E-state index contributed by atoms with van der Waals surface area (Å²) < 4.78 is 47.6. The van der Waals surface area contributed by atoms with Gasteiger partial charge in [0.15, 0.2) is 11.6 Å². The molecule has 1 aromatic carbocycles. The quantitative estimate of drug-likeness (QED) is 0.377. The van der Waals surface area contributed by atoms with E-state index in [0.717, 1.165) is 30.6 Å². The number of halogens is 3. The maximum atomic E-state index is 14.4. The van der Waals surface area contributed by atoms with Gasteiger partial charge in [0.25, 0.3) is 0 Å². The van der Waals surface area contributed by atoms with E-state index >= 15 is 0 Å². The van der Waals surface area contributed by atoms with Gasteiger partial charge in [-0.1, -0.05) is 44.7 Å². The monoisotopic (exact) mass is 436 g/mol.